The summed E-state index contributed by atoms with van der Waals surface area (Å²) in [6, 6.07) is 0. The lowest BCUT2D eigenvalue weighted by molar-refractivity contribution is -0.139. The predicted molar refractivity (Wildman–Crippen MR) is 63.9 cm³/mol. The number of aliphatic hydroxyl groups excluding tert-OH is 1. The van der Waals surface area contributed by atoms with Crippen LogP contribution in [0, 0.1) is 5.92 Å². The van der Waals surface area contributed by atoms with Gasteiger partial charge >= 0.3 is 5.97 Å². The molecule has 6 nitrogen and oxygen atoms in total. The molecule has 2 N–H and O–H groups in total. The Morgan fingerprint density at radius 1 is 1.35 bits per heavy atom. The van der Waals surface area contributed by atoms with Crippen molar-refractivity contribution in [1.29, 1.82) is 0 Å². The fraction of sp³-hybridized carbons (Fsp3) is 0.900. The van der Waals surface area contributed by atoms with Gasteiger partial charge in [-0.1, -0.05) is 13.8 Å². The van der Waals surface area contributed by atoms with E-state index in [0.717, 1.165) is 7.11 Å². The highest BCUT2D eigenvalue weighted by atomic mass is 32.2. The SMILES string of the molecule is COC(=O)C(C)S(=O)(=O)NCC(O)CC(C)C. The maximum atomic E-state index is 11.6. The van der Waals surface area contributed by atoms with Gasteiger partial charge in [0.15, 0.2) is 5.25 Å². The molecule has 0 fully saturated rings. The van der Waals surface area contributed by atoms with Crippen molar-refractivity contribution in [2.45, 2.75) is 38.5 Å². The Hall–Kier alpha value is -0.660. The predicted octanol–water partition coefficient (Wildman–Crippen LogP) is -0.126. The number of sulfonamides is 1. The Kier molecular flexibility index (Phi) is 6.66. The molecule has 0 saturated heterocycles. The first kappa shape index (κ1) is 16.3. The summed E-state index contributed by atoms with van der Waals surface area (Å²) in [6.45, 7) is 4.99. The summed E-state index contributed by atoms with van der Waals surface area (Å²) in [5.74, 6) is -0.552. The van der Waals surface area contributed by atoms with E-state index in [9.17, 15) is 18.3 Å². The first-order valence-corrected chi connectivity index (χ1v) is 6.99. The molecular weight excluding hydrogens is 246 g/mol. The molecule has 0 amide bonds. The molecule has 0 aliphatic heterocycles. The second kappa shape index (κ2) is 6.93. The van der Waals surface area contributed by atoms with Crippen LogP contribution in [0.15, 0.2) is 0 Å². The van der Waals surface area contributed by atoms with Gasteiger partial charge in [0.25, 0.3) is 0 Å². The van der Waals surface area contributed by atoms with Crippen LogP contribution < -0.4 is 4.72 Å². The first-order chi connectivity index (χ1) is 7.70. The Bertz CT molecular complexity index is 339. The van der Waals surface area contributed by atoms with Gasteiger partial charge in [-0.2, -0.15) is 0 Å². The number of aliphatic hydroxyl groups is 1. The van der Waals surface area contributed by atoms with Crippen molar-refractivity contribution < 1.29 is 23.1 Å². The van der Waals surface area contributed by atoms with Crippen LogP contribution >= 0.6 is 0 Å². The zero-order valence-electron chi connectivity index (χ0n) is 10.6. The van der Waals surface area contributed by atoms with E-state index in [0.29, 0.717) is 6.42 Å². The fourth-order valence-corrected chi connectivity index (χ4v) is 2.28. The molecule has 0 aliphatic carbocycles. The van der Waals surface area contributed by atoms with Gasteiger partial charge in [-0.05, 0) is 19.3 Å². The minimum Gasteiger partial charge on any atom is -0.468 e. The van der Waals surface area contributed by atoms with E-state index >= 15 is 0 Å². The van der Waals surface area contributed by atoms with Crippen LogP contribution in [0.2, 0.25) is 0 Å². The van der Waals surface area contributed by atoms with Gasteiger partial charge < -0.3 is 9.84 Å². The molecule has 0 aromatic heterocycles. The summed E-state index contributed by atoms with van der Waals surface area (Å²) in [7, 11) is -2.66. The third-order valence-electron chi connectivity index (χ3n) is 2.26. The number of carbonyl (C=O) groups is 1. The molecule has 0 heterocycles. The van der Waals surface area contributed by atoms with Crippen molar-refractivity contribution in [1.82, 2.24) is 4.72 Å². The number of hydrogen-bond donors (Lipinski definition) is 2. The maximum Gasteiger partial charge on any atom is 0.325 e. The van der Waals surface area contributed by atoms with Crippen molar-refractivity contribution in [3.05, 3.63) is 0 Å². The van der Waals surface area contributed by atoms with Crippen molar-refractivity contribution in [2.24, 2.45) is 5.92 Å². The summed E-state index contributed by atoms with van der Waals surface area (Å²) in [5, 5.41) is 8.24. The van der Waals surface area contributed by atoms with Crippen molar-refractivity contribution >= 4 is 16.0 Å². The second-order valence-electron chi connectivity index (χ2n) is 4.34. The van der Waals surface area contributed by atoms with Gasteiger partial charge in [0.2, 0.25) is 10.0 Å². The third-order valence-corrected chi connectivity index (χ3v) is 3.95. The number of esters is 1. The monoisotopic (exact) mass is 267 g/mol. The van der Waals surface area contributed by atoms with Gasteiger partial charge in [-0.25, -0.2) is 13.1 Å². The number of carbonyl (C=O) groups excluding carboxylic acids is 1. The van der Waals surface area contributed by atoms with E-state index in [1.54, 1.807) is 0 Å². The fourth-order valence-electron chi connectivity index (χ4n) is 1.26. The normalized spacial score (nSPS) is 15.6. The molecule has 0 saturated carbocycles. The van der Waals surface area contributed by atoms with Crippen molar-refractivity contribution in [2.75, 3.05) is 13.7 Å². The van der Waals surface area contributed by atoms with Crippen LogP contribution in [-0.4, -0.2) is 44.5 Å². The Balaban J connectivity index is 4.32. The summed E-state index contributed by atoms with van der Waals surface area (Å²) in [6.07, 6.45) is -0.260. The third kappa shape index (κ3) is 5.99. The average Bonchev–Trinajstić information content (AvgIpc) is 2.23. The van der Waals surface area contributed by atoms with Crippen LogP contribution in [0.3, 0.4) is 0 Å². The topological polar surface area (TPSA) is 92.7 Å². The van der Waals surface area contributed by atoms with E-state index in [1.165, 1.54) is 6.92 Å². The highest BCUT2D eigenvalue weighted by Crippen LogP contribution is 2.05. The molecule has 0 bridgehead atoms. The zero-order chi connectivity index (χ0) is 13.6. The highest BCUT2D eigenvalue weighted by molar-refractivity contribution is 7.90. The lowest BCUT2D eigenvalue weighted by Gasteiger charge is -2.16. The highest BCUT2D eigenvalue weighted by Gasteiger charge is 2.28. The lowest BCUT2D eigenvalue weighted by Crippen LogP contribution is -2.41. The van der Waals surface area contributed by atoms with Crippen LogP contribution in [0.25, 0.3) is 0 Å². The molecule has 17 heavy (non-hydrogen) atoms. The molecular formula is C10H21NO5S. The number of nitrogens with one attached hydrogen (secondary N) is 1. The van der Waals surface area contributed by atoms with E-state index in [1.807, 2.05) is 13.8 Å². The van der Waals surface area contributed by atoms with Gasteiger partial charge in [0.05, 0.1) is 13.2 Å². The zero-order valence-corrected chi connectivity index (χ0v) is 11.5. The number of hydrogen-bond acceptors (Lipinski definition) is 5. The minimum atomic E-state index is -3.79. The standard InChI is InChI=1S/C10H21NO5S/c1-7(2)5-9(12)6-11-17(14,15)8(3)10(13)16-4/h7-9,11-12H,5-6H2,1-4H3. The van der Waals surface area contributed by atoms with E-state index in [2.05, 4.69) is 9.46 Å². The van der Waals surface area contributed by atoms with Gasteiger partial charge in [-0.15, -0.1) is 0 Å². The molecule has 0 aromatic rings. The van der Waals surface area contributed by atoms with Crippen LogP contribution in [0.5, 0.6) is 0 Å². The van der Waals surface area contributed by atoms with Crippen molar-refractivity contribution in [3.8, 4) is 0 Å². The minimum absolute atomic E-state index is 0.0954. The van der Waals surface area contributed by atoms with Gasteiger partial charge in [0.1, 0.15) is 0 Å². The Labute approximate surface area is 102 Å². The number of ether oxygens (including phenoxy) is 1. The Morgan fingerprint density at radius 3 is 2.29 bits per heavy atom. The Morgan fingerprint density at radius 2 is 1.88 bits per heavy atom. The molecule has 0 aliphatic rings. The average molecular weight is 267 g/mol. The van der Waals surface area contributed by atoms with E-state index in [4.69, 9.17) is 0 Å². The molecule has 0 aromatic carbocycles. The van der Waals surface area contributed by atoms with E-state index in [-0.39, 0.29) is 12.5 Å². The molecule has 0 radical (unpaired) electrons. The quantitative estimate of drug-likeness (QED) is 0.627. The summed E-state index contributed by atoms with van der Waals surface area (Å²) in [5.41, 5.74) is 0. The van der Waals surface area contributed by atoms with Crippen LogP contribution in [-0.2, 0) is 19.6 Å². The molecule has 2 atom stereocenters. The molecule has 2 unspecified atom stereocenters. The lowest BCUT2D eigenvalue weighted by atomic mass is 10.1. The van der Waals surface area contributed by atoms with Crippen LogP contribution in [0.4, 0.5) is 0 Å². The van der Waals surface area contributed by atoms with Gasteiger partial charge in [0, 0.05) is 6.54 Å². The molecule has 102 valence electrons. The second-order valence-corrected chi connectivity index (χ2v) is 6.43. The summed E-state index contributed by atoms with van der Waals surface area (Å²) < 4.78 is 29.7. The molecule has 7 heteroatoms. The van der Waals surface area contributed by atoms with Gasteiger partial charge in [-0.3, -0.25) is 4.79 Å². The summed E-state index contributed by atoms with van der Waals surface area (Å²) >= 11 is 0. The summed E-state index contributed by atoms with van der Waals surface area (Å²) in [4.78, 5) is 11.1. The number of methoxy groups -OCH3 is 1. The maximum absolute atomic E-state index is 11.6. The largest absolute Gasteiger partial charge is 0.468 e. The van der Waals surface area contributed by atoms with E-state index < -0.39 is 27.3 Å². The van der Waals surface area contributed by atoms with Crippen molar-refractivity contribution in [3.63, 3.8) is 0 Å². The molecule has 0 spiro atoms. The van der Waals surface area contributed by atoms with Crippen LogP contribution in [0.1, 0.15) is 27.2 Å². The number of rotatable bonds is 7. The first-order valence-electron chi connectivity index (χ1n) is 5.45. The smallest absolute Gasteiger partial charge is 0.325 e. The molecule has 0 rings (SSSR count).